The zero-order valence-corrected chi connectivity index (χ0v) is 12.3. The molecule has 0 aliphatic carbocycles. The van der Waals surface area contributed by atoms with Gasteiger partial charge in [0, 0.05) is 6.54 Å². The van der Waals surface area contributed by atoms with Gasteiger partial charge in [-0.1, -0.05) is 24.3 Å². The molecule has 1 aliphatic rings. The highest BCUT2D eigenvalue weighted by Gasteiger charge is 2.12. The van der Waals surface area contributed by atoms with E-state index >= 15 is 0 Å². The van der Waals surface area contributed by atoms with Crippen LogP contribution in [-0.2, 0) is 13.0 Å². The summed E-state index contributed by atoms with van der Waals surface area (Å²) in [7, 11) is 0. The third kappa shape index (κ3) is 3.86. The molecule has 0 bridgehead atoms. The van der Waals surface area contributed by atoms with Crippen LogP contribution in [0.4, 0.5) is 4.39 Å². The fraction of sp³-hybridized carbons (Fsp3) is 0.250. The van der Waals surface area contributed by atoms with E-state index in [1.165, 1.54) is 6.07 Å². The average Bonchev–Trinajstić information content (AvgIpc) is 2.93. The van der Waals surface area contributed by atoms with Gasteiger partial charge >= 0.3 is 0 Å². The summed E-state index contributed by atoms with van der Waals surface area (Å²) in [5, 5.41) is 3.31. The molecule has 112 valence electrons. The summed E-state index contributed by atoms with van der Waals surface area (Å²) in [5.41, 5.74) is 1.87. The van der Waals surface area contributed by atoms with Crippen LogP contribution in [0, 0.1) is 5.82 Å². The summed E-state index contributed by atoms with van der Waals surface area (Å²) < 4.78 is 24.0. The minimum atomic E-state index is -0.141. The molecule has 0 unspecified atom stereocenters. The Morgan fingerprint density at radius 2 is 1.86 bits per heavy atom. The molecule has 3 rings (SSSR count). The van der Waals surface area contributed by atoms with E-state index in [1.807, 2.05) is 30.3 Å². The first-order valence-electron chi connectivity index (χ1n) is 6.65. The van der Waals surface area contributed by atoms with Crippen LogP contribution in [0.2, 0.25) is 0 Å². The highest BCUT2D eigenvalue weighted by molar-refractivity contribution is 5.85. The number of halogens is 2. The number of hydrogen-bond acceptors (Lipinski definition) is 3. The molecule has 0 fully saturated rings. The minimum Gasteiger partial charge on any atom is -0.454 e. The molecule has 0 saturated carbocycles. The van der Waals surface area contributed by atoms with E-state index < -0.39 is 0 Å². The molecule has 0 aromatic heterocycles. The Labute approximate surface area is 129 Å². The first-order valence-corrected chi connectivity index (χ1v) is 6.65. The van der Waals surface area contributed by atoms with Crippen molar-refractivity contribution in [3.63, 3.8) is 0 Å². The first kappa shape index (κ1) is 15.6. The van der Waals surface area contributed by atoms with Gasteiger partial charge in [-0.15, -0.1) is 12.4 Å². The standard InChI is InChI=1S/C16H16FNO2.ClH/c17-14-4-2-1-3-13(14)7-8-18-10-12-5-6-15-16(9-12)20-11-19-15;/h1-6,9,18H,7-8,10-11H2;1H. The van der Waals surface area contributed by atoms with Gasteiger partial charge in [-0.05, 0) is 42.3 Å². The van der Waals surface area contributed by atoms with Gasteiger partial charge in [-0.25, -0.2) is 4.39 Å². The van der Waals surface area contributed by atoms with Crippen LogP contribution >= 0.6 is 12.4 Å². The molecule has 1 aliphatic heterocycles. The number of ether oxygens (including phenoxy) is 2. The van der Waals surface area contributed by atoms with Gasteiger partial charge < -0.3 is 14.8 Å². The van der Waals surface area contributed by atoms with Crippen molar-refractivity contribution in [2.24, 2.45) is 0 Å². The summed E-state index contributed by atoms with van der Waals surface area (Å²) >= 11 is 0. The number of rotatable bonds is 5. The van der Waals surface area contributed by atoms with Crippen molar-refractivity contribution >= 4 is 12.4 Å². The predicted molar refractivity (Wildman–Crippen MR) is 81.6 cm³/mol. The molecule has 0 atom stereocenters. The Morgan fingerprint density at radius 1 is 1.05 bits per heavy atom. The summed E-state index contributed by atoms with van der Waals surface area (Å²) in [6, 6.07) is 12.8. The summed E-state index contributed by atoms with van der Waals surface area (Å²) in [6.07, 6.45) is 0.678. The monoisotopic (exact) mass is 309 g/mol. The SMILES string of the molecule is Cl.Fc1ccccc1CCNCc1ccc2c(c1)OCO2. The van der Waals surface area contributed by atoms with E-state index in [1.54, 1.807) is 6.07 Å². The highest BCUT2D eigenvalue weighted by atomic mass is 35.5. The smallest absolute Gasteiger partial charge is 0.231 e. The van der Waals surface area contributed by atoms with E-state index in [-0.39, 0.29) is 18.2 Å². The van der Waals surface area contributed by atoms with E-state index in [2.05, 4.69) is 5.32 Å². The normalized spacial score (nSPS) is 12.0. The molecule has 0 saturated heterocycles. The fourth-order valence-electron chi connectivity index (χ4n) is 2.21. The van der Waals surface area contributed by atoms with E-state index in [0.29, 0.717) is 13.2 Å². The van der Waals surface area contributed by atoms with Crippen molar-refractivity contribution in [3.05, 3.63) is 59.4 Å². The molecule has 0 radical (unpaired) electrons. The number of benzene rings is 2. The lowest BCUT2D eigenvalue weighted by Gasteiger charge is -2.06. The summed E-state index contributed by atoms with van der Waals surface area (Å²) in [4.78, 5) is 0. The van der Waals surface area contributed by atoms with Crippen molar-refractivity contribution in [1.29, 1.82) is 0 Å². The highest BCUT2D eigenvalue weighted by Crippen LogP contribution is 2.32. The number of hydrogen-bond donors (Lipinski definition) is 1. The van der Waals surface area contributed by atoms with Crippen LogP contribution in [0.3, 0.4) is 0 Å². The quantitative estimate of drug-likeness (QED) is 0.860. The van der Waals surface area contributed by atoms with Gasteiger partial charge in [0.25, 0.3) is 0 Å². The van der Waals surface area contributed by atoms with Crippen molar-refractivity contribution in [2.75, 3.05) is 13.3 Å². The van der Waals surface area contributed by atoms with Crippen LogP contribution in [0.1, 0.15) is 11.1 Å². The van der Waals surface area contributed by atoms with Crippen LogP contribution in [-0.4, -0.2) is 13.3 Å². The van der Waals surface area contributed by atoms with Gasteiger partial charge in [0.15, 0.2) is 11.5 Å². The van der Waals surface area contributed by atoms with Crippen LogP contribution in [0.5, 0.6) is 11.5 Å². The molecular weight excluding hydrogens is 293 g/mol. The summed E-state index contributed by atoms with van der Waals surface area (Å²) in [5.74, 6) is 1.44. The second-order valence-electron chi connectivity index (χ2n) is 4.71. The molecule has 2 aromatic rings. The van der Waals surface area contributed by atoms with Gasteiger partial charge in [0.1, 0.15) is 5.82 Å². The number of nitrogens with one attached hydrogen (secondary N) is 1. The van der Waals surface area contributed by atoms with E-state index in [4.69, 9.17) is 9.47 Å². The van der Waals surface area contributed by atoms with Gasteiger partial charge in [-0.2, -0.15) is 0 Å². The molecule has 1 heterocycles. The lowest BCUT2D eigenvalue weighted by molar-refractivity contribution is 0.174. The van der Waals surface area contributed by atoms with Crippen molar-refractivity contribution in [2.45, 2.75) is 13.0 Å². The molecule has 0 spiro atoms. The van der Waals surface area contributed by atoms with Crippen LogP contribution < -0.4 is 14.8 Å². The molecule has 0 amide bonds. The van der Waals surface area contributed by atoms with Gasteiger partial charge in [0.2, 0.25) is 6.79 Å². The minimum absolute atomic E-state index is 0. The van der Waals surface area contributed by atoms with Gasteiger partial charge in [0.05, 0.1) is 0 Å². The Bertz CT molecular complexity index is 607. The van der Waals surface area contributed by atoms with Crippen LogP contribution in [0.25, 0.3) is 0 Å². The molecule has 5 heteroatoms. The molecule has 21 heavy (non-hydrogen) atoms. The molecule has 2 aromatic carbocycles. The second-order valence-corrected chi connectivity index (χ2v) is 4.71. The zero-order valence-electron chi connectivity index (χ0n) is 11.5. The van der Waals surface area contributed by atoms with Crippen LogP contribution in [0.15, 0.2) is 42.5 Å². The topological polar surface area (TPSA) is 30.5 Å². The molecule has 1 N–H and O–H groups in total. The third-order valence-corrected chi connectivity index (χ3v) is 3.30. The lowest BCUT2D eigenvalue weighted by Crippen LogP contribution is -2.17. The van der Waals surface area contributed by atoms with E-state index in [9.17, 15) is 4.39 Å². The zero-order chi connectivity index (χ0) is 13.8. The summed E-state index contributed by atoms with van der Waals surface area (Å²) in [6.45, 7) is 1.75. The molecular formula is C16H17ClFNO2. The van der Waals surface area contributed by atoms with Crippen molar-refractivity contribution < 1.29 is 13.9 Å². The number of fused-ring (bicyclic) bond motifs is 1. The fourth-order valence-corrected chi connectivity index (χ4v) is 2.21. The third-order valence-electron chi connectivity index (χ3n) is 3.30. The van der Waals surface area contributed by atoms with Crippen molar-refractivity contribution in [3.8, 4) is 11.5 Å². The predicted octanol–water partition coefficient (Wildman–Crippen LogP) is 3.31. The Morgan fingerprint density at radius 3 is 2.71 bits per heavy atom. The average molecular weight is 310 g/mol. The Kier molecular flexibility index (Phi) is 5.42. The maximum atomic E-state index is 13.4. The lowest BCUT2D eigenvalue weighted by atomic mass is 10.1. The first-order chi connectivity index (χ1) is 9.83. The Balaban J connectivity index is 0.00000161. The largest absolute Gasteiger partial charge is 0.454 e. The van der Waals surface area contributed by atoms with E-state index in [0.717, 1.165) is 35.7 Å². The maximum absolute atomic E-state index is 13.4. The van der Waals surface area contributed by atoms with Crippen molar-refractivity contribution in [1.82, 2.24) is 5.32 Å². The Hall–Kier alpha value is -1.78. The molecule has 3 nitrogen and oxygen atoms in total. The maximum Gasteiger partial charge on any atom is 0.231 e. The second kappa shape index (κ2) is 7.29. The van der Waals surface area contributed by atoms with Gasteiger partial charge in [-0.3, -0.25) is 0 Å².